The summed E-state index contributed by atoms with van der Waals surface area (Å²) in [5, 5.41) is 5.88. The predicted octanol–water partition coefficient (Wildman–Crippen LogP) is 3.59. The molecule has 1 spiro atoms. The molecule has 3 N–H and O–H groups in total. The molecular weight excluding hydrogens is 489 g/mol. The average Bonchev–Trinajstić information content (AvgIpc) is 3.59. The Morgan fingerprint density at radius 1 is 1.14 bits per heavy atom. The molecular formula is C25H42FN3O6S. The lowest BCUT2D eigenvalue weighted by Crippen LogP contribution is -2.59. The molecule has 0 aromatic heterocycles. The minimum absolute atomic E-state index is 0.0208. The molecule has 36 heavy (non-hydrogen) atoms. The number of halogens is 1. The van der Waals surface area contributed by atoms with Gasteiger partial charge in [-0.25, -0.2) is 9.52 Å². The van der Waals surface area contributed by atoms with Crippen LogP contribution in [0.2, 0.25) is 0 Å². The zero-order valence-corrected chi connectivity index (χ0v) is 22.9. The van der Waals surface area contributed by atoms with Crippen molar-refractivity contribution in [2.75, 3.05) is 26.9 Å². The molecule has 0 radical (unpaired) electrons. The van der Waals surface area contributed by atoms with Crippen LogP contribution in [-0.2, 0) is 23.7 Å². The molecule has 3 fully saturated rings. The summed E-state index contributed by atoms with van der Waals surface area (Å²) in [7, 11) is 1.65. The summed E-state index contributed by atoms with van der Waals surface area (Å²) >= 11 is -0.0734. The summed E-state index contributed by atoms with van der Waals surface area (Å²) in [5.41, 5.74) is 0.354. The van der Waals surface area contributed by atoms with Gasteiger partial charge in [-0.15, -0.1) is 3.89 Å². The Balaban J connectivity index is 1.52. The average molecular weight is 532 g/mol. The molecule has 0 aromatic carbocycles. The monoisotopic (exact) mass is 531 g/mol. The fraction of sp³-hybridized carbons (Fsp3) is 0.840. The van der Waals surface area contributed by atoms with Crippen molar-refractivity contribution in [3.05, 3.63) is 11.6 Å². The van der Waals surface area contributed by atoms with E-state index in [1.54, 1.807) is 7.11 Å². The van der Waals surface area contributed by atoms with Crippen LogP contribution in [0.25, 0.3) is 0 Å². The fourth-order valence-corrected chi connectivity index (χ4v) is 5.87. The molecule has 206 valence electrons. The van der Waals surface area contributed by atoms with Crippen LogP contribution in [0.3, 0.4) is 0 Å². The Bertz CT molecular complexity index is 782. The van der Waals surface area contributed by atoms with E-state index in [0.29, 0.717) is 19.6 Å². The number of hydrogen-bond donors (Lipinski definition) is 3. The quantitative estimate of drug-likeness (QED) is 0.211. The Hall–Kier alpha value is -1.40. The van der Waals surface area contributed by atoms with Crippen LogP contribution in [0.5, 0.6) is 0 Å². The number of methoxy groups -OCH3 is 1. The largest absolute Gasteiger partial charge is 0.443 e. The number of nitrogens with one attached hydrogen (secondary N) is 3. The Morgan fingerprint density at radius 3 is 2.33 bits per heavy atom. The second kappa shape index (κ2) is 12.9. The molecule has 1 saturated heterocycles. The number of rotatable bonds is 11. The van der Waals surface area contributed by atoms with Crippen LogP contribution >= 0.6 is 12.3 Å². The predicted molar refractivity (Wildman–Crippen MR) is 136 cm³/mol. The standard InChI is InChI=1S/C25H42FN3O6S/c1-16(2)11-13-33-24(3,4)22-21(32-5)19(10-12-25(22)15-34-25)35-23(31)29-18-8-6-17(7-9-18)28-20(30)14-27-36-26/h11,17-19,21-22,27H,6-10,12-15H2,1-5H3,(H,28,30)(H,29,31)/t17?,18?,19?,21?,22?,25-/m0/s1. The molecule has 3 unspecified atom stereocenters. The first-order chi connectivity index (χ1) is 17.1. The van der Waals surface area contributed by atoms with E-state index in [4.69, 9.17) is 18.9 Å². The number of ether oxygens (including phenoxy) is 4. The summed E-state index contributed by atoms with van der Waals surface area (Å²) in [4.78, 5) is 24.6. The molecule has 2 saturated carbocycles. The third-order valence-electron chi connectivity index (χ3n) is 7.56. The second-order valence-corrected chi connectivity index (χ2v) is 11.3. The summed E-state index contributed by atoms with van der Waals surface area (Å²) in [6.45, 7) is 9.27. The van der Waals surface area contributed by atoms with Gasteiger partial charge in [0.25, 0.3) is 0 Å². The van der Waals surface area contributed by atoms with Crippen molar-refractivity contribution >= 4 is 24.3 Å². The van der Waals surface area contributed by atoms with Gasteiger partial charge in [0.15, 0.2) is 0 Å². The van der Waals surface area contributed by atoms with Crippen molar-refractivity contribution < 1.29 is 32.4 Å². The van der Waals surface area contributed by atoms with Crippen LogP contribution in [0.4, 0.5) is 8.68 Å². The van der Waals surface area contributed by atoms with Crippen molar-refractivity contribution in [1.29, 1.82) is 0 Å². The number of carbonyl (C=O) groups is 2. The summed E-state index contributed by atoms with van der Waals surface area (Å²) in [6, 6.07) is 0.00534. The molecule has 0 bridgehead atoms. The lowest BCUT2D eigenvalue weighted by Gasteiger charge is -2.47. The Morgan fingerprint density at radius 2 is 1.78 bits per heavy atom. The number of hydrogen-bond acceptors (Lipinski definition) is 8. The summed E-state index contributed by atoms with van der Waals surface area (Å²) in [6.07, 6.45) is 5.23. The van der Waals surface area contributed by atoms with Gasteiger partial charge in [-0.05, 0) is 66.2 Å². The van der Waals surface area contributed by atoms with Gasteiger partial charge in [-0.3, -0.25) is 4.79 Å². The minimum atomic E-state index is -0.539. The van der Waals surface area contributed by atoms with Gasteiger partial charge in [-0.1, -0.05) is 11.6 Å². The first-order valence-electron chi connectivity index (χ1n) is 12.8. The molecule has 3 aliphatic rings. The van der Waals surface area contributed by atoms with Crippen molar-refractivity contribution in [3.8, 4) is 0 Å². The molecule has 9 nitrogen and oxygen atoms in total. The van der Waals surface area contributed by atoms with E-state index in [-0.39, 0.29) is 54.5 Å². The first-order valence-corrected chi connectivity index (χ1v) is 13.5. The Labute approximate surface area is 218 Å². The van der Waals surface area contributed by atoms with E-state index < -0.39 is 17.8 Å². The maximum atomic E-state index is 12.8. The first kappa shape index (κ1) is 29.2. The van der Waals surface area contributed by atoms with Gasteiger partial charge in [0.05, 0.1) is 31.0 Å². The second-order valence-electron chi connectivity index (χ2n) is 10.9. The van der Waals surface area contributed by atoms with Crippen molar-refractivity contribution in [3.63, 3.8) is 0 Å². The van der Waals surface area contributed by atoms with Crippen LogP contribution in [0.15, 0.2) is 11.6 Å². The molecule has 11 heteroatoms. The smallest absolute Gasteiger partial charge is 0.407 e. The molecule has 0 aromatic rings. The highest BCUT2D eigenvalue weighted by Gasteiger charge is 2.64. The topological polar surface area (TPSA) is 110 Å². The lowest BCUT2D eigenvalue weighted by molar-refractivity contribution is -0.172. The van der Waals surface area contributed by atoms with E-state index in [1.807, 2.05) is 13.8 Å². The number of alkyl carbamates (subject to hydrolysis) is 1. The van der Waals surface area contributed by atoms with Gasteiger partial charge in [0.2, 0.25) is 5.91 Å². The van der Waals surface area contributed by atoms with Crippen LogP contribution in [0.1, 0.15) is 66.2 Å². The van der Waals surface area contributed by atoms with Gasteiger partial charge in [0, 0.05) is 25.1 Å². The molecule has 4 atom stereocenters. The number of allylic oxidation sites excluding steroid dienone is 1. The Kier molecular flexibility index (Phi) is 10.5. The SMILES string of the molecule is COC1C(OC(=O)NC2CCC(NC(=O)CNSF)CC2)CC[C@]2(CO2)C1C(C)(C)OCC=C(C)C. The van der Waals surface area contributed by atoms with Crippen LogP contribution in [-0.4, -0.2) is 74.4 Å². The van der Waals surface area contributed by atoms with E-state index in [0.717, 1.165) is 32.1 Å². The van der Waals surface area contributed by atoms with Crippen molar-refractivity contribution in [1.82, 2.24) is 15.4 Å². The zero-order valence-electron chi connectivity index (χ0n) is 22.1. The van der Waals surface area contributed by atoms with Crippen LogP contribution in [0, 0.1) is 5.92 Å². The maximum absolute atomic E-state index is 12.8. The zero-order chi connectivity index (χ0) is 26.3. The normalized spacial score (nSPS) is 32.0. The number of amides is 2. The van der Waals surface area contributed by atoms with E-state index >= 15 is 0 Å². The minimum Gasteiger partial charge on any atom is -0.443 e. The van der Waals surface area contributed by atoms with E-state index in [9.17, 15) is 13.5 Å². The van der Waals surface area contributed by atoms with Crippen molar-refractivity contribution in [2.24, 2.45) is 5.92 Å². The van der Waals surface area contributed by atoms with Crippen molar-refractivity contribution in [2.45, 2.75) is 102 Å². The van der Waals surface area contributed by atoms with E-state index in [2.05, 4.69) is 35.3 Å². The third kappa shape index (κ3) is 7.80. The lowest BCUT2D eigenvalue weighted by atomic mass is 9.68. The highest BCUT2D eigenvalue weighted by molar-refractivity contribution is 7.92. The molecule has 1 aliphatic heterocycles. The van der Waals surface area contributed by atoms with Gasteiger partial charge >= 0.3 is 6.09 Å². The highest BCUT2D eigenvalue weighted by atomic mass is 32.2. The molecule has 2 aliphatic carbocycles. The third-order valence-corrected chi connectivity index (χ3v) is 7.81. The van der Waals surface area contributed by atoms with E-state index in [1.165, 1.54) is 5.57 Å². The molecule has 3 rings (SSSR count). The van der Waals surface area contributed by atoms with Gasteiger partial charge in [0.1, 0.15) is 24.5 Å². The van der Waals surface area contributed by atoms with Crippen LogP contribution < -0.4 is 15.4 Å². The summed E-state index contributed by atoms with van der Waals surface area (Å²) in [5.74, 6) is -0.324. The van der Waals surface area contributed by atoms with Gasteiger partial charge < -0.3 is 29.6 Å². The summed E-state index contributed by atoms with van der Waals surface area (Å²) < 4.78 is 38.4. The maximum Gasteiger partial charge on any atom is 0.407 e. The number of carbonyl (C=O) groups excluding carboxylic acids is 2. The molecule has 1 heterocycles. The highest BCUT2D eigenvalue weighted by Crippen LogP contribution is 2.52. The fourth-order valence-electron chi connectivity index (χ4n) is 5.68. The van der Waals surface area contributed by atoms with Gasteiger partial charge in [-0.2, -0.15) is 0 Å². The molecule has 2 amide bonds. The number of epoxide rings is 1.